The maximum absolute atomic E-state index is 14.1. The third-order valence-electron chi connectivity index (χ3n) is 5.68. The van der Waals surface area contributed by atoms with Crippen molar-refractivity contribution in [3.05, 3.63) is 70.0 Å². The molecule has 0 spiro atoms. The zero-order valence-corrected chi connectivity index (χ0v) is 21.9. The van der Waals surface area contributed by atoms with Crippen molar-refractivity contribution in [1.29, 1.82) is 0 Å². The van der Waals surface area contributed by atoms with Crippen molar-refractivity contribution < 1.29 is 23.5 Å². The molecule has 1 aromatic heterocycles. The first-order chi connectivity index (χ1) is 17.5. The Hall–Kier alpha value is -3.99. The maximum atomic E-state index is 14.1. The number of nitrogens with zero attached hydrogens (tertiary/aromatic N) is 2. The van der Waals surface area contributed by atoms with E-state index < -0.39 is 29.6 Å². The van der Waals surface area contributed by atoms with Gasteiger partial charge in [-0.2, -0.15) is 4.37 Å². The second-order valence-electron chi connectivity index (χ2n) is 8.92. The number of hydrogen-bond acceptors (Lipinski definition) is 7. The van der Waals surface area contributed by atoms with Crippen LogP contribution >= 0.6 is 11.5 Å². The number of hydrogen-bond donors (Lipinski definition) is 3. The van der Waals surface area contributed by atoms with Crippen LogP contribution < -0.4 is 26.4 Å². The molecule has 0 aliphatic heterocycles. The molecule has 196 valence electrons. The van der Waals surface area contributed by atoms with Crippen LogP contribution in [-0.4, -0.2) is 35.7 Å². The molecular formula is C26H30FN5O4S. The van der Waals surface area contributed by atoms with Crippen LogP contribution in [0.25, 0.3) is 0 Å². The van der Waals surface area contributed by atoms with Gasteiger partial charge in [-0.05, 0) is 66.2 Å². The number of benzene rings is 2. The summed E-state index contributed by atoms with van der Waals surface area (Å²) in [5.41, 5.74) is 12.5. The SMILES string of the molecule is COc1ccc(C)cc1N(C(=O)c1snc(C(N)=O)c1N)C(C(=O)NCCC(C)C)c1ccc(F)cc1. The first kappa shape index (κ1) is 27.6. The zero-order valence-electron chi connectivity index (χ0n) is 21.1. The Morgan fingerprint density at radius 2 is 1.84 bits per heavy atom. The van der Waals surface area contributed by atoms with E-state index in [1.807, 2.05) is 20.8 Å². The van der Waals surface area contributed by atoms with Gasteiger partial charge in [0.25, 0.3) is 11.8 Å². The summed E-state index contributed by atoms with van der Waals surface area (Å²) in [6.07, 6.45) is 0.716. The number of nitrogen functional groups attached to an aromatic ring is 1. The van der Waals surface area contributed by atoms with E-state index in [9.17, 15) is 18.8 Å². The number of aryl methyl sites for hydroxylation is 1. The highest BCUT2D eigenvalue weighted by molar-refractivity contribution is 7.09. The quantitative estimate of drug-likeness (QED) is 0.366. The lowest BCUT2D eigenvalue weighted by Crippen LogP contribution is -2.44. The average Bonchev–Trinajstić information content (AvgIpc) is 3.24. The largest absolute Gasteiger partial charge is 0.495 e. The molecule has 11 heteroatoms. The fraction of sp³-hybridized carbons (Fsp3) is 0.308. The van der Waals surface area contributed by atoms with E-state index in [0.29, 0.717) is 41.7 Å². The number of nitrogens with two attached hydrogens (primary N) is 2. The predicted molar refractivity (Wildman–Crippen MR) is 141 cm³/mol. The number of nitrogens with one attached hydrogen (secondary N) is 1. The molecule has 0 radical (unpaired) electrons. The van der Waals surface area contributed by atoms with Crippen LogP contribution in [-0.2, 0) is 4.79 Å². The third kappa shape index (κ3) is 6.23. The molecule has 0 bridgehead atoms. The fourth-order valence-electron chi connectivity index (χ4n) is 3.74. The van der Waals surface area contributed by atoms with E-state index in [2.05, 4.69) is 9.69 Å². The summed E-state index contributed by atoms with van der Waals surface area (Å²) in [7, 11) is 1.44. The molecule has 37 heavy (non-hydrogen) atoms. The van der Waals surface area contributed by atoms with E-state index in [-0.39, 0.29) is 21.9 Å². The predicted octanol–water partition coefficient (Wildman–Crippen LogP) is 3.83. The summed E-state index contributed by atoms with van der Waals surface area (Å²) >= 11 is 0.702. The van der Waals surface area contributed by atoms with Gasteiger partial charge in [-0.1, -0.05) is 32.0 Å². The lowest BCUT2D eigenvalue weighted by Gasteiger charge is -2.32. The van der Waals surface area contributed by atoms with E-state index >= 15 is 0 Å². The highest BCUT2D eigenvalue weighted by atomic mass is 32.1. The molecule has 0 aliphatic carbocycles. The van der Waals surface area contributed by atoms with Crippen molar-refractivity contribution in [1.82, 2.24) is 9.69 Å². The molecule has 5 N–H and O–H groups in total. The van der Waals surface area contributed by atoms with E-state index in [0.717, 1.165) is 5.56 Å². The molecule has 0 saturated carbocycles. The molecule has 0 saturated heterocycles. The molecular weight excluding hydrogens is 497 g/mol. The minimum absolute atomic E-state index is 0.0700. The van der Waals surface area contributed by atoms with Crippen LogP contribution in [0.15, 0.2) is 42.5 Å². The van der Waals surface area contributed by atoms with Crippen molar-refractivity contribution in [3.63, 3.8) is 0 Å². The average molecular weight is 528 g/mol. The van der Waals surface area contributed by atoms with Gasteiger partial charge >= 0.3 is 0 Å². The van der Waals surface area contributed by atoms with Crippen LogP contribution in [0.3, 0.4) is 0 Å². The highest BCUT2D eigenvalue weighted by Gasteiger charge is 2.37. The zero-order chi connectivity index (χ0) is 27.3. The number of aromatic nitrogens is 1. The number of amides is 3. The Labute approximate surface area is 218 Å². The lowest BCUT2D eigenvalue weighted by atomic mass is 10.0. The smallest absolute Gasteiger partial charge is 0.273 e. The minimum atomic E-state index is -1.23. The Morgan fingerprint density at radius 3 is 2.41 bits per heavy atom. The van der Waals surface area contributed by atoms with Gasteiger partial charge in [-0.3, -0.25) is 19.3 Å². The first-order valence-corrected chi connectivity index (χ1v) is 12.4. The molecule has 3 aromatic rings. The standard InChI is InChI=1S/C26H30FN5O4S/c1-14(2)11-12-30-25(34)22(16-6-8-17(27)9-7-16)32(18-13-15(3)5-10-19(18)36-4)26(35)23-20(28)21(24(29)33)31-37-23/h5-10,13-14,22H,11-12,28H2,1-4H3,(H2,29,33)(H,30,34). The van der Waals surface area contributed by atoms with Crippen molar-refractivity contribution in [2.45, 2.75) is 33.2 Å². The number of halogens is 1. The number of ether oxygens (including phenoxy) is 1. The van der Waals surface area contributed by atoms with Crippen LogP contribution in [0, 0.1) is 18.7 Å². The van der Waals surface area contributed by atoms with E-state index in [4.69, 9.17) is 16.2 Å². The van der Waals surface area contributed by atoms with Crippen LogP contribution in [0.5, 0.6) is 5.75 Å². The Balaban J connectivity index is 2.24. The molecule has 2 aromatic carbocycles. The number of anilines is 2. The number of methoxy groups -OCH3 is 1. The Kier molecular flexibility index (Phi) is 8.82. The molecule has 1 atom stereocenters. The summed E-state index contributed by atoms with van der Waals surface area (Å²) < 4.78 is 23.3. The molecule has 0 aliphatic rings. The van der Waals surface area contributed by atoms with Gasteiger partial charge in [0.2, 0.25) is 5.91 Å². The van der Waals surface area contributed by atoms with Crippen LogP contribution in [0.4, 0.5) is 15.8 Å². The number of primary amides is 1. The summed E-state index contributed by atoms with van der Waals surface area (Å²) in [4.78, 5) is 40.7. The first-order valence-electron chi connectivity index (χ1n) is 11.6. The Bertz CT molecular complexity index is 1290. The van der Waals surface area contributed by atoms with Crippen molar-refractivity contribution in [3.8, 4) is 5.75 Å². The molecule has 3 rings (SSSR count). The second kappa shape index (κ2) is 11.8. The summed E-state index contributed by atoms with van der Waals surface area (Å²) in [6.45, 7) is 6.25. The topological polar surface area (TPSA) is 141 Å². The number of rotatable bonds is 10. The maximum Gasteiger partial charge on any atom is 0.273 e. The van der Waals surface area contributed by atoms with E-state index in [1.54, 1.807) is 18.2 Å². The van der Waals surface area contributed by atoms with Gasteiger partial charge in [0, 0.05) is 6.54 Å². The molecule has 3 amide bonds. The normalized spacial score (nSPS) is 11.7. The summed E-state index contributed by atoms with van der Waals surface area (Å²) in [5.74, 6) is -1.90. The lowest BCUT2D eigenvalue weighted by molar-refractivity contribution is -0.122. The van der Waals surface area contributed by atoms with Crippen molar-refractivity contribution in [2.75, 3.05) is 24.3 Å². The van der Waals surface area contributed by atoms with Crippen LogP contribution in [0.2, 0.25) is 0 Å². The summed E-state index contributed by atoms with van der Waals surface area (Å²) in [5, 5.41) is 2.89. The van der Waals surface area contributed by atoms with E-state index in [1.165, 1.54) is 36.3 Å². The minimum Gasteiger partial charge on any atom is -0.495 e. The van der Waals surface area contributed by atoms with Gasteiger partial charge in [0.1, 0.15) is 22.5 Å². The third-order valence-corrected chi connectivity index (χ3v) is 6.53. The van der Waals surface area contributed by atoms with Gasteiger partial charge in [0.15, 0.2) is 5.69 Å². The molecule has 9 nitrogen and oxygen atoms in total. The number of carbonyl (C=O) groups excluding carboxylic acids is 3. The number of carbonyl (C=O) groups is 3. The molecule has 1 unspecified atom stereocenters. The van der Waals surface area contributed by atoms with Crippen molar-refractivity contribution >= 4 is 40.6 Å². The van der Waals surface area contributed by atoms with Gasteiger partial charge < -0.3 is 21.5 Å². The van der Waals surface area contributed by atoms with Gasteiger partial charge in [-0.25, -0.2) is 4.39 Å². The molecule has 0 fully saturated rings. The fourth-order valence-corrected chi connectivity index (χ4v) is 4.48. The van der Waals surface area contributed by atoms with Gasteiger partial charge in [0.05, 0.1) is 18.5 Å². The molecule has 1 heterocycles. The summed E-state index contributed by atoms with van der Waals surface area (Å²) in [6, 6.07) is 9.25. The second-order valence-corrected chi connectivity index (χ2v) is 9.69. The van der Waals surface area contributed by atoms with Crippen molar-refractivity contribution in [2.24, 2.45) is 11.7 Å². The van der Waals surface area contributed by atoms with Gasteiger partial charge in [-0.15, -0.1) is 0 Å². The van der Waals surface area contributed by atoms with Crippen LogP contribution in [0.1, 0.15) is 57.6 Å². The monoisotopic (exact) mass is 527 g/mol. The Morgan fingerprint density at radius 1 is 1.16 bits per heavy atom. The highest BCUT2D eigenvalue weighted by Crippen LogP contribution is 2.38.